The lowest BCUT2D eigenvalue weighted by Gasteiger charge is -2.24. The van der Waals surface area contributed by atoms with E-state index in [9.17, 15) is 19.5 Å². The van der Waals surface area contributed by atoms with Crippen molar-refractivity contribution in [2.75, 3.05) is 26.7 Å². The number of rotatable bonds is 14. The maximum absolute atomic E-state index is 12.1. The van der Waals surface area contributed by atoms with E-state index in [0.29, 0.717) is 6.54 Å². The Kier molecular flexibility index (Phi) is 11.1. The Bertz CT molecular complexity index is 446. The van der Waals surface area contributed by atoms with Gasteiger partial charge in [0.15, 0.2) is 0 Å². The number of likely N-dealkylation sites (N-methyl/N-ethyl adjacent to an activating group) is 1. The number of aliphatic carboxylic acids is 1. The molecule has 0 saturated carbocycles. The molecule has 10 heteroatoms. The van der Waals surface area contributed by atoms with Gasteiger partial charge in [-0.3, -0.25) is 19.8 Å². The number of hydrogen-bond acceptors (Lipinski definition) is 8. The molecular weight excluding hydrogens is 332 g/mol. The lowest BCUT2D eigenvalue weighted by molar-refractivity contribution is -0.147. The standard InChI is InChI=1S/C15H30N4O6/c1-9(21)13(15(24)25)5-12(22)3-10(4-14(17)23)6-18-19(2)7-11(16)8-20/h9-11,13,18,20-21H,3-8,16H2,1-2H3,(H2,17,23)(H,24,25)/t9?,10-,11+,13-/m0/s1. The summed E-state index contributed by atoms with van der Waals surface area (Å²) in [7, 11) is 1.70. The number of primary amides is 1. The summed E-state index contributed by atoms with van der Waals surface area (Å²) in [4.78, 5) is 34.3. The van der Waals surface area contributed by atoms with E-state index in [-0.39, 0.29) is 38.2 Å². The normalized spacial score (nSPS) is 16.2. The van der Waals surface area contributed by atoms with Crippen LogP contribution in [0.4, 0.5) is 0 Å². The van der Waals surface area contributed by atoms with Crippen LogP contribution in [-0.4, -0.2) is 76.9 Å². The van der Waals surface area contributed by atoms with E-state index in [0.717, 1.165) is 0 Å². The number of nitrogens with zero attached hydrogens (tertiary/aromatic N) is 1. The van der Waals surface area contributed by atoms with Crippen molar-refractivity contribution in [2.45, 2.75) is 38.3 Å². The van der Waals surface area contributed by atoms with E-state index in [1.54, 1.807) is 12.1 Å². The van der Waals surface area contributed by atoms with Gasteiger partial charge in [-0.25, -0.2) is 5.01 Å². The number of carbonyl (C=O) groups excluding carboxylic acids is 2. The smallest absolute Gasteiger partial charge is 0.309 e. The number of Topliss-reactive ketones (excluding diaryl/α,β-unsaturated/α-hetero) is 1. The predicted molar refractivity (Wildman–Crippen MR) is 90.0 cm³/mol. The van der Waals surface area contributed by atoms with Crippen molar-refractivity contribution in [2.24, 2.45) is 23.3 Å². The fourth-order valence-corrected chi connectivity index (χ4v) is 2.37. The van der Waals surface area contributed by atoms with Crippen LogP contribution >= 0.6 is 0 Å². The van der Waals surface area contributed by atoms with Crippen LogP contribution in [0.2, 0.25) is 0 Å². The molecule has 0 aromatic heterocycles. The van der Waals surface area contributed by atoms with Gasteiger partial charge in [0.05, 0.1) is 18.6 Å². The molecule has 10 nitrogen and oxygen atoms in total. The second-order valence-electron chi connectivity index (χ2n) is 6.35. The van der Waals surface area contributed by atoms with E-state index in [2.05, 4.69) is 5.43 Å². The van der Waals surface area contributed by atoms with E-state index in [4.69, 9.17) is 21.7 Å². The zero-order valence-electron chi connectivity index (χ0n) is 14.7. The first-order valence-electron chi connectivity index (χ1n) is 8.08. The topological polar surface area (TPSA) is 179 Å². The number of aliphatic hydroxyl groups is 2. The second-order valence-corrected chi connectivity index (χ2v) is 6.35. The number of nitrogens with two attached hydrogens (primary N) is 2. The van der Waals surface area contributed by atoms with Gasteiger partial charge in [-0.2, -0.15) is 0 Å². The Morgan fingerprint density at radius 1 is 1.20 bits per heavy atom. The summed E-state index contributed by atoms with van der Waals surface area (Å²) in [5, 5.41) is 29.0. The number of hydrazine groups is 1. The number of carboxylic acids is 1. The molecule has 146 valence electrons. The molecule has 0 aromatic carbocycles. The highest BCUT2D eigenvalue weighted by Crippen LogP contribution is 2.16. The van der Waals surface area contributed by atoms with Crippen LogP contribution in [0.3, 0.4) is 0 Å². The minimum absolute atomic E-state index is 0.0354. The van der Waals surface area contributed by atoms with Gasteiger partial charge in [-0.1, -0.05) is 0 Å². The lowest BCUT2D eigenvalue weighted by Crippen LogP contribution is -2.46. The molecule has 0 radical (unpaired) electrons. The minimum Gasteiger partial charge on any atom is -0.481 e. The van der Waals surface area contributed by atoms with Gasteiger partial charge < -0.3 is 26.8 Å². The van der Waals surface area contributed by atoms with Crippen molar-refractivity contribution < 1.29 is 29.7 Å². The molecule has 0 fully saturated rings. The summed E-state index contributed by atoms with van der Waals surface area (Å²) in [5.74, 6) is -3.78. The first kappa shape index (κ1) is 23.4. The van der Waals surface area contributed by atoms with Crippen LogP contribution in [0.1, 0.15) is 26.2 Å². The van der Waals surface area contributed by atoms with Crippen LogP contribution in [0.15, 0.2) is 0 Å². The summed E-state index contributed by atoms with van der Waals surface area (Å²) >= 11 is 0. The molecule has 0 aliphatic heterocycles. The third-order valence-electron chi connectivity index (χ3n) is 3.75. The van der Waals surface area contributed by atoms with E-state index in [1.165, 1.54) is 6.92 Å². The number of carboxylic acid groups (broad SMARTS) is 1. The fourth-order valence-electron chi connectivity index (χ4n) is 2.37. The molecule has 0 aliphatic carbocycles. The number of hydrogen-bond donors (Lipinski definition) is 6. The van der Waals surface area contributed by atoms with Crippen LogP contribution in [0.25, 0.3) is 0 Å². The molecule has 0 rings (SSSR count). The van der Waals surface area contributed by atoms with Gasteiger partial charge in [0.2, 0.25) is 5.91 Å². The Hall–Kier alpha value is -1.59. The fraction of sp³-hybridized carbons (Fsp3) is 0.800. The molecule has 0 aromatic rings. The first-order valence-corrected chi connectivity index (χ1v) is 8.08. The molecule has 1 unspecified atom stereocenters. The average Bonchev–Trinajstić information content (AvgIpc) is 2.48. The molecule has 0 aliphatic rings. The molecule has 25 heavy (non-hydrogen) atoms. The summed E-state index contributed by atoms with van der Waals surface area (Å²) < 4.78 is 0. The van der Waals surface area contributed by atoms with Crippen molar-refractivity contribution in [1.29, 1.82) is 0 Å². The van der Waals surface area contributed by atoms with Gasteiger partial charge in [0.25, 0.3) is 0 Å². The highest BCUT2D eigenvalue weighted by molar-refractivity contribution is 5.84. The largest absolute Gasteiger partial charge is 0.481 e. The molecule has 0 saturated heterocycles. The molecule has 8 N–H and O–H groups in total. The quantitative estimate of drug-likeness (QED) is 0.185. The number of aliphatic hydroxyl groups excluding tert-OH is 2. The Balaban J connectivity index is 4.63. The van der Waals surface area contributed by atoms with E-state index in [1.807, 2.05) is 0 Å². The third kappa shape index (κ3) is 10.8. The van der Waals surface area contributed by atoms with Crippen molar-refractivity contribution in [3.05, 3.63) is 0 Å². The highest BCUT2D eigenvalue weighted by Gasteiger charge is 2.27. The highest BCUT2D eigenvalue weighted by atomic mass is 16.4. The zero-order chi connectivity index (χ0) is 19.6. The van der Waals surface area contributed by atoms with Gasteiger partial charge in [0, 0.05) is 45.4 Å². The minimum atomic E-state index is -1.24. The number of ketones is 1. The third-order valence-corrected chi connectivity index (χ3v) is 3.75. The average molecular weight is 362 g/mol. The first-order chi connectivity index (χ1) is 11.6. The maximum atomic E-state index is 12.1. The van der Waals surface area contributed by atoms with Crippen molar-refractivity contribution >= 4 is 17.7 Å². The Morgan fingerprint density at radius 2 is 1.80 bits per heavy atom. The van der Waals surface area contributed by atoms with Gasteiger partial charge >= 0.3 is 5.97 Å². The summed E-state index contributed by atoms with van der Waals surface area (Å²) in [5.41, 5.74) is 13.8. The number of nitrogens with one attached hydrogen (secondary N) is 1. The van der Waals surface area contributed by atoms with Crippen LogP contribution < -0.4 is 16.9 Å². The lowest BCUT2D eigenvalue weighted by atomic mass is 9.91. The second kappa shape index (κ2) is 11.9. The molecule has 1 amide bonds. The number of carbonyl (C=O) groups is 3. The SMILES string of the molecule is CC(O)[C@H](CC(=O)C[C@H](CNN(C)C[C@@H](N)CO)CC(N)=O)C(=O)O. The van der Waals surface area contributed by atoms with Gasteiger partial charge in [-0.15, -0.1) is 0 Å². The van der Waals surface area contributed by atoms with Crippen molar-refractivity contribution in [3.63, 3.8) is 0 Å². The summed E-state index contributed by atoms with van der Waals surface area (Å²) in [6.45, 7) is 1.76. The summed E-state index contributed by atoms with van der Waals surface area (Å²) in [6, 6.07) is -0.434. The van der Waals surface area contributed by atoms with Crippen LogP contribution in [0, 0.1) is 11.8 Å². The van der Waals surface area contributed by atoms with Crippen molar-refractivity contribution in [1.82, 2.24) is 10.4 Å². The van der Waals surface area contributed by atoms with E-state index < -0.39 is 35.9 Å². The summed E-state index contributed by atoms with van der Waals surface area (Å²) in [6.07, 6.45) is -1.54. The van der Waals surface area contributed by atoms with Crippen molar-refractivity contribution in [3.8, 4) is 0 Å². The molecular formula is C15H30N4O6. The zero-order valence-corrected chi connectivity index (χ0v) is 14.7. The Morgan fingerprint density at radius 3 is 2.24 bits per heavy atom. The van der Waals surface area contributed by atoms with E-state index >= 15 is 0 Å². The van der Waals surface area contributed by atoms with Crippen LogP contribution in [-0.2, 0) is 14.4 Å². The maximum Gasteiger partial charge on any atom is 0.309 e. The Labute approximate surface area is 147 Å². The van der Waals surface area contributed by atoms with Crippen LogP contribution in [0.5, 0.6) is 0 Å². The number of amides is 1. The predicted octanol–water partition coefficient (Wildman–Crippen LogP) is -2.34. The van der Waals surface area contributed by atoms with Gasteiger partial charge in [-0.05, 0) is 12.8 Å². The molecule has 0 heterocycles. The van der Waals surface area contributed by atoms with Gasteiger partial charge in [0.1, 0.15) is 5.78 Å². The monoisotopic (exact) mass is 362 g/mol. The molecule has 4 atom stereocenters. The molecule has 0 spiro atoms. The molecule has 0 bridgehead atoms.